The smallest absolute Gasteiger partial charge is 0.336 e. The van der Waals surface area contributed by atoms with Gasteiger partial charge in [-0.2, -0.15) is 4.98 Å². The first-order valence-corrected chi connectivity index (χ1v) is 14.5. The molecule has 0 bridgehead atoms. The maximum absolute atomic E-state index is 11.5. The van der Waals surface area contributed by atoms with Crippen molar-refractivity contribution in [1.29, 1.82) is 0 Å². The summed E-state index contributed by atoms with van der Waals surface area (Å²) in [6, 6.07) is 25.9. The molecular formula is C34H32ClN3O5. The first kappa shape index (κ1) is 28.9. The number of methoxy groups -OCH3 is 1. The fraction of sp³-hybridized carbons (Fsp3) is 0.235. The fourth-order valence-electron chi connectivity index (χ4n) is 5.24. The summed E-state index contributed by atoms with van der Waals surface area (Å²) in [5.74, 6) is -0.623. The molecule has 9 heteroatoms. The Labute approximate surface area is 254 Å². The van der Waals surface area contributed by atoms with Gasteiger partial charge in [-0.25, -0.2) is 4.79 Å². The molecular weight excluding hydrogens is 566 g/mol. The second-order valence-corrected chi connectivity index (χ2v) is 11.1. The Morgan fingerprint density at radius 1 is 0.977 bits per heavy atom. The van der Waals surface area contributed by atoms with Crippen LogP contribution < -0.4 is 4.74 Å². The molecule has 0 radical (unpaired) electrons. The number of carbonyl (C=O) groups is 1. The van der Waals surface area contributed by atoms with Crippen molar-refractivity contribution >= 4 is 28.6 Å². The van der Waals surface area contributed by atoms with Crippen LogP contribution in [-0.2, 0) is 16.0 Å². The number of carboxylic acids is 1. The molecule has 1 aliphatic heterocycles. The fourth-order valence-corrected chi connectivity index (χ4v) is 5.51. The minimum Gasteiger partial charge on any atom is -0.478 e. The zero-order valence-corrected chi connectivity index (χ0v) is 24.7. The number of fused-ring (bicyclic) bond motifs is 1. The molecule has 4 aromatic carbocycles. The standard InChI is InChI=1S/C34H32ClN3O5/c1-21-3-12-26(15-28(21)33(39)40)43-34-36-31-16-29(30(35)17-32(31)37-34)25-10-8-24(9-11-25)23-6-4-22(5-7-23)18-38-19-27(20-38)42-14-13-41-2/h3-12,15-17,27H,13-14,18-20H2,1-2H3,(H,36,37)(H,39,40). The lowest BCUT2D eigenvalue weighted by atomic mass is 9.99. The van der Waals surface area contributed by atoms with E-state index in [0.717, 1.165) is 47.4 Å². The van der Waals surface area contributed by atoms with E-state index in [2.05, 4.69) is 63.4 Å². The molecule has 0 saturated carbocycles. The SMILES string of the molecule is COCCOC1CN(Cc2ccc(-c3ccc(-c4cc5nc(Oc6ccc(C)c(C(=O)O)c6)[nH]c5cc4Cl)cc3)cc2)C1. The highest BCUT2D eigenvalue weighted by atomic mass is 35.5. The van der Waals surface area contributed by atoms with Crippen molar-refractivity contribution < 1.29 is 24.1 Å². The second-order valence-electron chi connectivity index (χ2n) is 10.7. The molecule has 2 heterocycles. The molecule has 8 nitrogen and oxygen atoms in total. The van der Waals surface area contributed by atoms with Crippen LogP contribution in [0.4, 0.5) is 0 Å². The van der Waals surface area contributed by atoms with Crippen LogP contribution in [0.3, 0.4) is 0 Å². The Balaban J connectivity index is 1.11. The largest absolute Gasteiger partial charge is 0.478 e. The molecule has 0 atom stereocenters. The van der Waals surface area contributed by atoms with Crippen molar-refractivity contribution in [1.82, 2.24) is 14.9 Å². The molecule has 1 saturated heterocycles. The van der Waals surface area contributed by atoms with E-state index in [1.807, 2.05) is 12.1 Å². The maximum atomic E-state index is 11.5. The van der Waals surface area contributed by atoms with E-state index in [0.29, 0.717) is 41.2 Å². The summed E-state index contributed by atoms with van der Waals surface area (Å²) >= 11 is 6.68. The first-order chi connectivity index (χ1) is 20.9. The Morgan fingerprint density at radius 2 is 1.67 bits per heavy atom. The van der Waals surface area contributed by atoms with Crippen LogP contribution in [0.5, 0.6) is 11.8 Å². The first-order valence-electron chi connectivity index (χ1n) is 14.1. The number of aromatic carboxylic acids is 1. The molecule has 0 amide bonds. The van der Waals surface area contributed by atoms with Gasteiger partial charge in [-0.15, -0.1) is 0 Å². The molecule has 1 aromatic heterocycles. The Morgan fingerprint density at radius 3 is 2.37 bits per heavy atom. The number of nitrogens with one attached hydrogen (secondary N) is 1. The number of H-pyrrole nitrogens is 1. The number of aromatic nitrogens is 2. The number of halogens is 1. The number of rotatable bonds is 11. The average Bonchev–Trinajstić information content (AvgIpc) is 3.37. The number of hydrogen-bond donors (Lipinski definition) is 2. The summed E-state index contributed by atoms with van der Waals surface area (Å²) in [7, 11) is 1.69. The number of ether oxygens (including phenoxy) is 3. The molecule has 0 aliphatic carbocycles. The lowest BCUT2D eigenvalue weighted by Crippen LogP contribution is -2.51. The van der Waals surface area contributed by atoms with E-state index in [1.54, 1.807) is 26.2 Å². The van der Waals surface area contributed by atoms with Gasteiger partial charge in [0.1, 0.15) is 5.75 Å². The monoisotopic (exact) mass is 597 g/mol. The average molecular weight is 598 g/mol. The van der Waals surface area contributed by atoms with Gasteiger partial charge in [0.05, 0.1) is 40.9 Å². The highest BCUT2D eigenvalue weighted by molar-refractivity contribution is 6.34. The van der Waals surface area contributed by atoms with Gasteiger partial charge in [-0.1, -0.05) is 66.2 Å². The van der Waals surface area contributed by atoms with E-state index < -0.39 is 5.97 Å². The van der Waals surface area contributed by atoms with Crippen molar-refractivity contribution in [3.63, 3.8) is 0 Å². The number of hydrogen-bond acceptors (Lipinski definition) is 6. The van der Waals surface area contributed by atoms with E-state index in [-0.39, 0.29) is 11.6 Å². The van der Waals surface area contributed by atoms with Crippen molar-refractivity contribution in [2.24, 2.45) is 0 Å². The third kappa shape index (κ3) is 6.58. The van der Waals surface area contributed by atoms with E-state index in [4.69, 9.17) is 25.8 Å². The highest BCUT2D eigenvalue weighted by Gasteiger charge is 2.27. The lowest BCUT2D eigenvalue weighted by molar-refractivity contribution is -0.0698. The molecule has 0 unspecified atom stereocenters. The summed E-state index contributed by atoms with van der Waals surface area (Å²) in [6.07, 6.45) is 0.304. The van der Waals surface area contributed by atoms with Gasteiger partial charge in [0, 0.05) is 32.3 Å². The van der Waals surface area contributed by atoms with Crippen molar-refractivity contribution in [3.05, 3.63) is 101 Å². The number of imidazole rings is 1. The van der Waals surface area contributed by atoms with Crippen molar-refractivity contribution in [2.75, 3.05) is 33.4 Å². The van der Waals surface area contributed by atoms with Crippen LogP contribution in [0, 0.1) is 6.92 Å². The Hall–Kier alpha value is -4.21. The molecule has 2 N–H and O–H groups in total. The minimum absolute atomic E-state index is 0.184. The summed E-state index contributed by atoms with van der Waals surface area (Å²) in [4.78, 5) is 21.5. The summed E-state index contributed by atoms with van der Waals surface area (Å²) < 4.78 is 16.6. The van der Waals surface area contributed by atoms with Gasteiger partial charge in [0.15, 0.2) is 0 Å². The zero-order valence-electron chi connectivity index (χ0n) is 24.0. The Bertz CT molecular complexity index is 1750. The molecule has 6 rings (SSSR count). The lowest BCUT2D eigenvalue weighted by Gasteiger charge is -2.38. The van der Waals surface area contributed by atoms with Gasteiger partial charge in [-0.05, 0) is 59.0 Å². The van der Waals surface area contributed by atoms with Crippen LogP contribution >= 0.6 is 11.6 Å². The van der Waals surface area contributed by atoms with E-state index in [1.165, 1.54) is 11.6 Å². The van der Waals surface area contributed by atoms with Crippen molar-refractivity contribution in [3.8, 4) is 34.0 Å². The number of aryl methyl sites for hydroxylation is 1. The maximum Gasteiger partial charge on any atom is 0.336 e. The Kier molecular flexibility index (Phi) is 8.44. The summed E-state index contributed by atoms with van der Waals surface area (Å²) in [5, 5.41) is 9.99. The van der Waals surface area contributed by atoms with Crippen LogP contribution in [-0.4, -0.2) is 65.5 Å². The minimum atomic E-state index is -1.01. The predicted octanol–water partition coefficient (Wildman–Crippen LogP) is 7.20. The number of nitrogens with zero attached hydrogens (tertiary/aromatic N) is 2. The normalized spacial score (nSPS) is 13.7. The second kappa shape index (κ2) is 12.6. The van der Waals surface area contributed by atoms with Crippen LogP contribution in [0.15, 0.2) is 78.9 Å². The topological polar surface area (TPSA) is 96.9 Å². The zero-order chi connectivity index (χ0) is 29.9. The molecule has 43 heavy (non-hydrogen) atoms. The summed E-state index contributed by atoms with van der Waals surface area (Å²) in [5.41, 5.74) is 7.64. The predicted molar refractivity (Wildman–Crippen MR) is 167 cm³/mol. The number of aromatic amines is 1. The summed E-state index contributed by atoms with van der Waals surface area (Å²) in [6.45, 7) is 5.85. The number of carboxylic acid groups (broad SMARTS) is 1. The van der Waals surface area contributed by atoms with Gasteiger partial charge in [0.25, 0.3) is 6.01 Å². The van der Waals surface area contributed by atoms with Crippen LogP contribution in [0.1, 0.15) is 21.5 Å². The van der Waals surface area contributed by atoms with E-state index in [9.17, 15) is 9.90 Å². The van der Waals surface area contributed by atoms with Crippen LogP contribution in [0.25, 0.3) is 33.3 Å². The molecule has 1 fully saturated rings. The number of likely N-dealkylation sites (tertiary alicyclic amines) is 1. The van der Waals surface area contributed by atoms with Gasteiger partial charge < -0.3 is 24.3 Å². The molecule has 5 aromatic rings. The van der Waals surface area contributed by atoms with Gasteiger partial charge >= 0.3 is 5.97 Å². The third-order valence-corrected chi connectivity index (χ3v) is 7.97. The molecule has 220 valence electrons. The highest BCUT2D eigenvalue weighted by Crippen LogP contribution is 2.34. The molecule has 1 aliphatic rings. The van der Waals surface area contributed by atoms with Crippen LogP contribution in [0.2, 0.25) is 5.02 Å². The quantitative estimate of drug-likeness (QED) is 0.155. The number of benzene rings is 4. The third-order valence-electron chi connectivity index (χ3n) is 7.66. The van der Waals surface area contributed by atoms with Crippen molar-refractivity contribution in [2.45, 2.75) is 19.6 Å². The van der Waals surface area contributed by atoms with Gasteiger partial charge in [-0.3, -0.25) is 4.90 Å². The van der Waals surface area contributed by atoms with Gasteiger partial charge in [0.2, 0.25) is 0 Å². The van der Waals surface area contributed by atoms with E-state index >= 15 is 0 Å². The molecule has 0 spiro atoms.